The number of nitro groups is 1. The van der Waals surface area contributed by atoms with Crippen LogP contribution in [-0.4, -0.2) is 35.6 Å². The highest BCUT2D eigenvalue weighted by atomic mass is 16.6. The zero-order valence-corrected chi connectivity index (χ0v) is 11.5. The normalized spacial score (nSPS) is 18.7. The summed E-state index contributed by atoms with van der Waals surface area (Å²) in [5.41, 5.74) is 0.646. The summed E-state index contributed by atoms with van der Waals surface area (Å²) in [4.78, 5) is 28.2. The monoisotopic (exact) mass is 279 g/mol. The molecule has 0 amide bonds. The van der Waals surface area contributed by atoms with E-state index < -0.39 is 4.92 Å². The van der Waals surface area contributed by atoms with Gasteiger partial charge in [0.05, 0.1) is 12.0 Å². The quantitative estimate of drug-likeness (QED) is 0.476. The van der Waals surface area contributed by atoms with Gasteiger partial charge < -0.3 is 9.64 Å². The minimum Gasteiger partial charge on any atom is -0.467 e. The Hall–Kier alpha value is -2.18. The van der Waals surface area contributed by atoms with E-state index in [1.54, 1.807) is 6.92 Å². The molecule has 7 nitrogen and oxygen atoms in total. The van der Waals surface area contributed by atoms with Gasteiger partial charge in [0.15, 0.2) is 0 Å². The SMILES string of the molecule is COC(=O)C1CCCCN1c1ncc([N+](=O)[O-])cc1C. The molecular weight excluding hydrogens is 262 g/mol. The molecule has 0 radical (unpaired) electrons. The van der Waals surface area contributed by atoms with Crippen LogP contribution in [0.1, 0.15) is 24.8 Å². The molecule has 1 aliphatic rings. The number of anilines is 1. The average Bonchev–Trinajstić information content (AvgIpc) is 2.46. The van der Waals surface area contributed by atoms with Crippen molar-refractivity contribution in [1.82, 2.24) is 4.98 Å². The number of pyridine rings is 1. The predicted molar refractivity (Wildman–Crippen MR) is 72.6 cm³/mol. The summed E-state index contributed by atoms with van der Waals surface area (Å²) < 4.78 is 4.83. The number of aromatic nitrogens is 1. The van der Waals surface area contributed by atoms with E-state index >= 15 is 0 Å². The second-order valence-electron chi connectivity index (χ2n) is 4.82. The molecule has 1 aromatic heterocycles. The topological polar surface area (TPSA) is 85.6 Å². The summed E-state index contributed by atoms with van der Waals surface area (Å²) in [6, 6.07) is 1.12. The molecule has 0 bridgehead atoms. The number of nitrogens with zero attached hydrogens (tertiary/aromatic N) is 3. The number of hydrogen-bond acceptors (Lipinski definition) is 6. The van der Waals surface area contributed by atoms with E-state index in [-0.39, 0.29) is 17.7 Å². The molecule has 7 heteroatoms. The number of piperidine rings is 1. The van der Waals surface area contributed by atoms with Crippen molar-refractivity contribution in [3.8, 4) is 0 Å². The number of esters is 1. The smallest absolute Gasteiger partial charge is 0.328 e. The lowest BCUT2D eigenvalue weighted by molar-refractivity contribution is -0.385. The van der Waals surface area contributed by atoms with Crippen molar-refractivity contribution in [1.29, 1.82) is 0 Å². The first-order valence-corrected chi connectivity index (χ1v) is 6.50. The second-order valence-corrected chi connectivity index (χ2v) is 4.82. The first-order chi connectivity index (χ1) is 9.54. The highest BCUT2D eigenvalue weighted by Gasteiger charge is 2.31. The number of aryl methyl sites for hydroxylation is 1. The lowest BCUT2D eigenvalue weighted by Gasteiger charge is -2.35. The van der Waals surface area contributed by atoms with Gasteiger partial charge in [-0.3, -0.25) is 10.1 Å². The van der Waals surface area contributed by atoms with Gasteiger partial charge in [0, 0.05) is 12.6 Å². The fourth-order valence-corrected chi connectivity index (χ4v) is 2.52. The third-order valence-corrected chi connectivity index (χ3v) is 3.50. The molecule has 0 aromatic carbocycles. The molecule has 1 fully saturated rings. The van der Waals surface area contributed by atoms with E-state index in [1.807, 2.05) is 4.90 Å². The third kappa shape index (κ3) is 2.71. The summed E-state index contributed by atoms with van der Waals surface area (Å²) in [6.45, 7) is 2.46. The Bertz CT molecular complexity index is 532. The van der Waals surface area contributed by atoms with E-state index in [1.165, 1.54) is 19.4 Å². The van der Waals surface area contributed by atoms with E-state index in [2.05, 4.69) is 4.98 Å². The Morgan fingerprint density at radius 1 is 1.55 bits per heavy atom. The Morgan fingerprint density at radius 2 is 2.30 bits per heavy atom. The van der Waals surface area contributed by atoms with E-state index in [0.29, 0.717) is 24.3 Å². The number of ether oxygens (including phenoxy) is 1. The largest absolute Gasteiger partial charge is 0.467 e. The fourth-order valence-electron chi connectivity index (χ4n) is 2.52. The van der Waals surface area contributed by atoms with Crippen molar-refractivity contribution in [2.45, 2.75) is 32.2 Å². The number of carbonyl (C=O) groups excluding carboxylic acids is 1. The van der Waals surface area contributed by atoms with Gasteiger partial charge in [0.25, 0.3) is 5.69 Å². The van der Waals surface area contributed by atoms with Crippen molar-refractivity contribution in [2.24, 2.45) is 0 Å². The van der Waals surface area contributed by atoms with Crippen molar-refractivity contribution in [2.75, 3.05) is 18.6 Å². The van der Waals surface area contributed by atoms with Gasteiger partial charge in [-0.15, -0.1) is 0 Å². The standard InChI is InChI=1S/C13H17N3O4/c1-9-7-10(16(18)19)8-14-12(9)15-6-4-3-5-11(15)13(17)20-2/h7-8,11H,3-6H2,1-2H3. The molecule has 0 saturated carbocycles. The summed E-state index contributed by atoms with van der Waals surface area (Å²) in [5, 5.41) is 10.7. The van der Waals surface area contributed by atoms with Crippen LogP contribution in [0.25, 0.3) is 0 Å². The number of methoxy groups -OCH3 is 1. The van der Waals surface area contributed by atoms with Crippen LogP contribution in [0.4, 0.5) is 11.5 Å². The van der Waals surface area contributed by atoms with Crippen molar-refractivity contribution >= 4 is 17.5 Å². The number of hydrogen-bond donors (Lipinski definition) is 0. The Kier molecular flexibility index (Phi) is 4.16. The van der Waals surface area contributed by atoms with Crippen LogP contribution in [0, 0.1) is 17.0 Å². The van der Waals surface area contributed by atoms with Gasteiger partial charge >= 0.3 is 5.97 Å². The molecule has 1 unspecified atom stereocenters. The maximum Gasteiger partial charge on any atom is 0.328 e. The molecule has 1 atom stereocenters. The maximum atomic E-state index is 11.8. The fraction of sp³-hybridized carbons (Fsp3) is 0.538. The molecule has 1 aromatic rings. The van der Waals surface area contributed by atoms with Gasteiger partial charge in [0.1, 0.15) is 18.1 Å². The van der Waals surface area contributed by atoms with Crippen molar-refractivity contribution < 1.29 is 14.5 Å². The van der Waals surface area contributed by atoms with Gasteiger partial charge in [-0.25, -0.2) is 9.78 Å². The first kappa shape index (κ1) is 14.2. The molecule has 0 N–H and O–H groups in total. The molecule has 0 spiro atoms. The zero-order chi connectivity index (χ0) is 14.7. The number of carbonyl (C=O) groups is 1. The second kappa shape index (κ2) is 5.85. The zero-order valence-electron chi connectivity index (χ0n) is 11.5. The first-order valence-electron chi connectivity index (χ1n) is 6.50. The molecule has 20 heavy (non-hydrogen) atoms. The summed E-state index contributed by atoms with van der Waals surface area (Å²) in [5.74, 6) is 0.329. The molecule has 2 heterocycles. The Morgan fingerprint density at radius 3 is 2.90 bits per heavy atom. The van der Waals surface area contributed by atoms with Gasteiger partial charge in [-0.05, 0) is 31.7 Å². The van der Waals surface area contributed by atoms with Crippen LogP contribution in [0.5, 0.6) is 0 Å². The van der Waals surface area contributed by atoms with Crippen LogP contribution in [-0.2, 0) is 9.53 Å². The average molecular weight is 279 g/mol. The molecule has 0 aliphatic carbocycles. The third-order valence-electron chi connectivity index (χ3n) is 3.50. The molecule has 108 valence electrons. The van der Waals surface area contributed by atoms with E-state index in [4.69, 9.17) is 4.74 Å². The van der Waals surface area contributed by atoms with Crippen molar-refractivity contribution in [3.63, 3.8) is 0 Å². The lowest BCUT2D eigenvalue weighted by Crippen LogP contribution is -2.46. The van der Waals surface area contributed by atoms with Gasteiger partial charge in [-0.2, -0.15) is 0 Å². The van der Waals surface area contributed by atoms with Crippen LogP contribution < -0.4 is 4.90 Å². The van der Waals surface area contributed by atoms with Crippen LogP contribution in [0.3, 0.4) is 0 Å². The Labute approximate surface area is 116 Å². The minimum atomic E-state index is -0.474. The lowest BCUT2D eigenvalue weighted by atomic mass is 10.0. The van der Waals surface area contributed by atoms with Gasteiger partial charge in [0.2, 0.25) is 0 Å². The minimum absolute atomic E-state index is 0.0436. The molecule has 1 aliphatic heterocycles. The van der Waals surface area contributed by atoms with Crippen molar-refractivity contribution in [3.05, 3.63) is 27.9 Å². The molecule has 1 saturated heterocycles. The van der Waals surface area contributed by atoms with E-state index in [0.717, 1.165) is 12.8 Å². The summed E-state index contributed by atoms with van der Waals surface area (Å²) in [6.07, 6.45) is 3.87. The highest BCUT2D eigenvalue weighted by molar-refractivity contribution is 5.80. The van der Waals surface area contributed by atoms with E-state index in [9.17, 15) is 14.9 Å². The Balaban J connectivity index is 2.32. The van der Waals surface area contributed by atoms with Crippen LogP contribution in [0.15, 0.2) is 12.3 Å². The highest BCUT2D eigenvalue weighted by Crippen LogP contribution is 2.28. The summed E-state index contributed by atoms with van der Waals surface area (Å²) in [7, 11) is 1.37. The molecule has 2 rings (SSSR count). The number of rotatable bonds is 3. The molecular formula is C13H17N3O4. The van der Waals surface area contributed by atoms with Crippen LogP contribution >= 0.6 is 0 Å². The maximum absolute atomic E-state index is 11.8. The van der Waals surface area contributed by atoms with Crippen LogP contribution in [0.2, 0.25) is 0 Å². The summed E-state index contributed by atoms with van der Waals surface area (Å²) >= 11 is 0. The van der Waals surface area contributed by atoms with Gasteiger partial charge in [-0.1, -0.05) is 0 Å². The predicted octanol–water partition coefficient (Wildman–Crippen LogP) is 1.83.